The summed E-state index contributed by atoms with van der Waals surface area (Å²) in [6.07, 6.45) is 1.87. The first-order chi connectivity index (χ1) is 9.86. The first-order valence-electron chi connectivity index (χ1n) is 6.74. The summed E-state index contributed by atoms with van der Waals surface area (Å²) in [5.74, 6) is -0.315. The fourth-order valence-electron chi connectivity index (χ4n) is 2.44. The van der Waals surface area contributed by atoms with Crippen molar-refractivity contribution in [3.8, 4) is 0 Å². The number of carbonyl (C=O) groups excluding carboxylic acids is 1. The average molecular weight is 332 g/mol. The van der Waals surface area contributed by atoms with Gasteiger partial charge >= 0.3 is 5.97 Å². The maximum atomic E-state index is 12.6. The first kappa shape index (κ1) is 16.3. The summed E-state index contributed by atoms with van der Waals surface area (Å²) >= 11 is 5.92. The number of sulfonamides is 1. The van der Waals surface area contributed by atoms with Gasteiger partial charge in [-0.1, -0.05) is 18.5 Å². The molecule has 2 rings (SSSR count). The van der Waals surface area contributed by atoms with Crippen molar-refractivity contribution in [2.24, 2.45) is 5.92 Å². The van der Waals surface area contributed by atoms with Crippen LogP contribution in [0, 0.1) is 5.92 Å². The molecule has 1 heterocycles. The molecule has 0 saturated carbocycles. The second kappa shape index (κ2) is 6.34. The summed E-state index contributed by atoms with van der Waals surface area (Å²) in [6.45, 7) is 3.03. The zero-order chi connectivity index (χ0) is 15.6. The van der Waals surface area contributed by atoms with Gasteiger partial charge in [-0.05, 0) is 37.0 Å². The first-order valence-corrected chi connectivity index (χ1v) is 8.56. The van der Waals surface area contributed by atoms with E-state index in [1.54, 1.807) is 0 Å². The van der Waals surface area contributed by atoms with E-state index in [9.17, 15) is 13.2 Å². The van der Waals surface area contributed by atoms with Crippen LogP contribution in [-0.4, -0.2) is 38.9 Å². The van der Waals surface area contributed by atoms with E-state index in [0.29, 0.717) is 19.0 Å². The van der Waals surface area contributed by atoms with E-state index in [2.05, 4.69) is 4.74 Å². The smallest absolute Gasteiger partial charge is 0.339 e. The van der Waals surface area contributed by atoms with Gasteiger partial charge in [0.25, 0.3) is 0 Å². The molecule has 1 aromatic carbocycles. The van der Waals surface area contributed by atoms with Gasteiger partial charge in [-0.2, -0.15) is 4.31 Å². The number of nitrogens with zero attached hydrogens (tertiary/aromatic N) is 1. The van der Waals surface area contributed by atoms with Crippen LogP contribution in [0.4, 0.5) is 0 Å². The van der Waals surface area contributed by atoms with Crippen LogP contribution in [0.15, 0.2) is 23.1 Å². The number of esters is 1. The number of carbonyl (C=O) groups is 1. The van der Waals surface area contributed by atoms with Crippen molar-refractivity contribution in [2.45, 2.75) is 24.7 Å². The van der Waals surface area contributed by atoms with Crippen LogP contribution in [0.1, 0.15) is 30.1 Å². The average Bonchev–Trinajstić information content (AvgIpc) is 2.46. The van der Waals surface area contributed by atoms with E-state index in [0.717, 1.165) is 12.8 Å². The third-order valence-corrected chi connectivity index (χ3v) is 5.79. The number of hydrogen-bond acceptors (Lipinski definition) is 4. The summed E-state index contributed by atoms with van der Waals surface area (Å²) < 4.78 is 31.4. The zero-order valence-electron chi connectivity index (χ0n) is 12.0. The number of methoxy groups -OCH3 is 1. The molecule has 21 heavy (non-hydrogen) atoms. The number of hydrogen-bond donors (Lipinski definition) is 0. The molecule has 0 unspecified atom stereocenters. The molecular weight excluding hydrogens is 314 g/mol. The molecule has 0 amide bonds. The number of ether oxygens (including phenoxy) is 1. The van der Waals surface area contributed by atoms with Gasteiger partial charge in [0.15, 0.2) is 0 Å². The fraction of sp³-hybridized carbons (Fsp3) is 0.500. The number of piperidine rings is 1. The zero-order valence-corrected chi connectivity index (χ0v) is 13.6. The van der Waals surface area contributed by atoms with E-state index in [4.69, 9.17) is 11.6 Å². The molecule has 0 spiro atoms. The van der Waals surface area contributed by atoms with Crippen LogP contribution < -0.4 is 0 Å². The second-order valence-corrected chi connectivity index (χ2v) is 7.59. The Balaban J connectivity index is 2.38. The van der Waals surface area contributed by atoms with Crippen LogP contribution in [0.5, 0.6) is 0 Å². The van der Waals surface area contributed by atoms with E-state index in [-0.39, 0.29) is 15.5 Å². The van der Waals surface area contributed by atoms with E-state index < -0.39 is 16.0 Å². The highest BCUT2D eigenvalue weighted by molar-refractivity contribution is 7.89. The molecule has 1 saturated heterocycles. The van der Waals surface area contributed by atoms with Gasteiger partial charge in [-0.25, -0.2) is 13.2 Å². The Hall–Kier alpha value is -1.11. The standard InChI is InChI=1S/C14H18ClNO4S/c1-10-4-3-7-16(9-10)21(18,19)11-5-6-13(15)12(8-11)14(17)20-2/h5-6,8,10H,3-4,7,9H2,1-2H3/t10-/m0/s1. The lowest BCUT2D eigenvalue weighted by atomic mass is 10.0. The number of rotatable bonds is 3. The Labute approximate surface area is 129 Å². The quantitative estimate of drug-likeness (QED) is 0.798. The predicted octanol–water partition coefficient (Wildman–Crippen LogP) is 2.55. The van der Waals surface area contributed by atoms with E-state index in [1.165, 1.54) is 29.6 Å². The molecule has 116 valence electrons. The van der Waals surface area contributed by atoms with Gasteiger partial charge < -0.3 is 4.74 Å². The Morgan fingerprint density at radius 3 is 2.76 bits per heavy atom. The van der Waals surface area contributed by atoms with Crippen molar-refractivity contribution in [3.63, 3.8) is 0 Å². The maximum Gasteiger partial charge on any atom is 0.339 e. The molecule has 1 aliphatic rings. The van der Waals surface area contributed by atoms with Crippen molar-refractivity contribution >= 4 is 27.6 Å². The van der Waals surface area contributed by atoms with Crippen molar-refractivity contribution < 1.29 is 17.9 Å². The van der Waals surface area contributed by atoms with Crippen LogP contribution >= 0.6 is 11.6 Å². The topological polar surface area (TPSA) is 63.7 Å². The lowest BCUT2D eigenvalue weighted by Crippen LogP contribution is -2.39. The van der Waals surface area contributed by atoms with Crippen molar-refractivity contribution in [1.82, 2.24) is 4.31 Å². The van der Waals surface area contributed by atoms with Gasteiger partial charge in [0.05, 0.1) is 22.6 Å². The third-order valence-electron chi connectivity index (χ3n) is 3.60. The molecule has 0 N–H and O–H groups in total. The Kier molecular flexibility index (Phi) is 4.91. The minimum Gasteiger partial charge on any atom is -0.465 e. The molecule has 0 bridgehead atoms. The number of benzene rings is 1. The Morgan fingerprint density at radius 1 is 1.43 bits per heavy atom. The van der Waals surface area contributed by atoms with Crippen LogP contribution in [0.3, 0.4) is 0 Å². The molecule has 0 radical (unpaired) electrons. The molecule has 1 aliphatic heterocycles. The van der Waals surface area contributed by atoms with Gasteiger partial charge in [0, 0.05) is 13.1 Å². The Morgan fingerprint density at radius 2 is 2.14 bits per heavy atom. The highest BCUT2D eigenvalue weighted by Gasteiger charge is 2.29. The summed E-state index contributed by atoms with van der Waals surface area (Å²) in [6, 6.07) is 4.11. The molecule has 1 aromatic rings. The molecule has 1 fully saturated rings. The van der Waals surface area contributed by atoms with E-state index in [1.807, 2.05) is 6.92 Å². The molecule has 7 heteroatoms. The van der Waals surface area contributed by atoms with Crippen LogP contribution in [0.2, 0.25) is 5.02 Å². The van der Waals surface area contributed by atoms with Gasteiger partial charge in [-0.3, -0.25) is 0 Å². The predicted molar refractivity (Wildman–Crippen MR) is 79.9 cm³/mol. The molecule has 0 aromatic heterocycles. The third kappa shape index (κ3) is 3.39. The second-order valence-electron chi connectivity index (χ2n) is 5.24. The minimum absolute atomic E-state index is 0.0605. The Bertz CT molecular complexity index is 644. The highest BCUT2D eigenvalue weighted by atomic mass is 35.5. The molecular formula is C14H18ClNO4S. The van der Waals surface area contributed by atoms with Crippen LogP contribution in [-0.2, 0) is 14.8 Å². The molecule has 1 atom stereocenters. The summed E-state index contributed by atoms with van der Waals surface area (Å²) in [7, 11) is -2.38. The minimum atomic E-state index is -3.61. The lowest BCUT2D eigenvalue weighted by Gasteiger charge is -2.30. The van der Waals surface area contributed by atoms with E-state index >= 15 is 0 Å². The van der Waals surface area contributed by atoms with Gasteiger partial charge in [0.1, 0.15) is 0 Å². The monoisotopic (exact) mass is 331 g/mol. The summed E-state index contributed by atoms with van der Waals surface area (Å²) in [5, 5.41) is 0.174. The maximum absolute atomic E-state index is 12.6. The molecule has 5 nitrogen and oxygen atoms in total. The molecule has 0 aliphatic carbocycles. The van der Waals surface area contributed by atoms with Gasteiger partial charge in [-0.15, -0.1) is 0 Å². The highest BCUT2D eigenvalue weighted by Crippen LogP contribution is 2.26. The SMILES string of the molecule is COC(=O)c1cc(S(=O)(=O)N2CCC[C@H](C)C2)ccc1Cl. The largest absolute Gasteiger partial charge is 0.465 e. The normalized spacial score (nSPS) is 20.2. The van der Waals surface area contributed by atoms with Crippen molar-refractivity contribution in [3.05, 3.63) is 28.8 Å². The van der Waals surface area contributed by atoms with Crippen molar-refractivity contribution in [2.75, 3.05) is 20.2 Å². The lowest BCUT2D eigenvalue weighted by molar-refractivity contribution is 0.0600. The number of halogens is 1. The fourth-order valence-corrected chi connectivity index (χ4v) is 4.26. The summed E-state index contributed by atoms with van der Waals surface area (Å²) in [4.78, 5) is 11.7. The summed E-state index contributed by atoms with van der Waals surface area (Å²) in [5.41, 5.74) is 0.0605. The van der Waals surface area contributed by atoms with Crippen molar-refractivity contribution in [1.29, 1.82) is 0 Å². The van der Waals surface area contributed by atoms with Crippen LogP contribution in [0.25, 0.3) is 0 Å². The van der Waals surface area contributed by atoms with Gasteiger partial charge in [0.2, 0.25) is 10.0 Å².